The second-order valence-corrected chi connectivity index (χ2v) is 9.90. The number of rotatable bonds is 4. The van der Waals surface area contributed by atoms with Gasteiger partial charge in [-0.05, 0) is 57.0 Å². The maximum atomic E-state index is 14.8. The van der Waals surface area contributed by atoms with Crippen molar-refractivity contribution in [1.29, 1.82) is 0 Å². The third-order valence-electron chi connectivity index (χ3n) is 6.29. The zero-order valence-corrected chi connectivity index (χ0v) is 20.7. The molecule has 1 aliphatic heterocycles. The van der Waals surface area contributed by atoms with Crippen molar-refractivity contribution in [3.8, 4) is 11.1 Å². The Labute approximate surface area is 207 Å². The van der Waals surface area contributed by atoms with E-state index in [0.29, 0.717) is 37.6 Å². The number of pyridine rings is 1. The number of nitrogens with zero attached hydrogens (tertiary/aromatic N) is 5. The van der Waals surface area contributed by atoms with Gasteiger partial charge in [0.05, 0.1) is 36.8 Å². The fourth-order valence-electron chi connectivity index (χ4n) is 4.39. The highest BCUT2D eigenvalue weighted by Gasteiger charge is 2.25. The second-order valence-electron chi connectivity index (χ2n) is 9.90. The van der Waals surface area contributed by atoms with Crippen LogP contribution in [0.5, 0.6) is 0 Å². The molecule has 0 atom stereocenters. The van der Waals surface area contributed by atoms with Crippen molar-refractivity contribution >= 4 is 22.9 Å². The Morgan fingerprint density at radius 1 is 1.11 bits per heavy atom. The van der Waals surface area contributed by atoms with Crippen molar-refractivity contribution in [2.75, 3.05) is 36.5 Å². The molecule has 0 radical (unpaired) electrons. The molecule has 4 heterocycles. The lowest BCUT2D eigenvalue weighted by Gasteiger charge is -2.29. The molecule has 0 aliphatic carbocycles. The fraction of sp³-hybridized carbons (Fsp3) is 0.346. The summed E-state index contributed by atoms with van der Waals surface area (Å²) in [6, 6.07) is 7.40. The van der Waals surface area contributed by atoms with Crippen LogP contribution in [0.25, 0.3) is 16.8 Å². The van der Waals surface area contributed by atoms with Gasteiger partial charge in [0.2, 0.25) is 11.9 Å². The average molecular weight is 495 g/mol. The number of hydrogen-bond donors (Lipinski definition) is 1. The summed E-state index contributed by atoms with van der Waals surface area (Å²) in [6.07, 6.45) is 4.14. The highest BCUT2D eigenvalue weighted by atomic mass is 19.1. The third kappa shape index (κ3) is 4.32. The molecule has 0 saturated carbocycles. The van der Waals surface area contributed by atoms with Crippen molar-refractivity contribution in [2.24, 2.45) is 0 Å². The van der Waals surface area contributed by atoms with Crippen LogP contribution in [0.1, 0.15) is 36.7 Å². The van der Waals surface area contributed by atoms with Gasteiger partial charge >= 0.3 is 0 Å². The van der Waals surface area contributed by atoms with E-state index in [2.05, 4.69) is 20.3 Å². The monoisotopic (exact) mass is 494 g/mol. The van der Waals surface area contributed by atoms with Gasteiger partial charge < -0.3 is 15.0 Å². The molecule has 0 spiro atoms. The lowest BCUT2D eigenvalue weighted by molar-refractivity contribution is 0.102. The highest BCUT2D eigenvalue weighted by molar-refractivity contribution is 6.04. The van der Waals surface area contributed by atoms with E-state index in [4.69, 9.17) is 4.74 Å². The third-order valence-corrected chi connectivity index (χ3v) is 6.29. The van der Waals surface area contributed by atoms with Gasteiger partial charge in [-0.3, -0.25) is 9.20 Å². The van der Waals surface area contributed by atoms with E-state index < -0.39 is 23.3 Å². The maximum Gasteiger partial charge on any atom is 0.261 e. The number of benzene rings is 1. The number of carbonyl (C=O) groups excluding carboxylic acids is 1. The van der Waals surface area contributed by atoms with E-state index >= 15 is 0 Å². The topological polar surface area (TPSA) is 76.7 Å². The molecule has 1 fully saturated rings. The van der Waals surface area contributed by atoms with Crippen LogP contribution in [0, 0.1) is 18.8 Å². The number of carbonyl (C=O) groups is 1. The smallest absolute Gasteiger partial charge is 0.261 e. The molecule has 0 unspecified atom stereocenters. The minimum Gasteiger partial charge on any atom is -0.378 e. The molecule has 1 aliphatic rings. The summed E-state index contributed by atoms with van der Waals surface area (Å²) in [5.74, 6) is -1.75. The van der Waals surface area contributed by atoms with E-state index in [1.165, 1.54) is 21.5 Å². The van der Waals surface area contributed by atoms with Gasteiger partial charge in [0.25, 0.3) is 5.91 Å². The highest BCUT2D eigenvalue weighted by Crippen LogP contribution is 2.33. The van der Waals surface area contributed by atoms with Crippen molar-refractivity contribution in [1.82, 2.24) is 19.2 Å². The minimum atomic E-state index is -0.691. The van der Waals surface area contributed by atoms with Crippen LogP contribution in [-0.4, -0.2) is 51.4 Å². The Bertz CT molecular complexity index is 1450. The summed E-state index contributed by atoms with van der Waals surface area (Å²) in [5.41, 5.74) is 3.61. The molecule has 8 nitrogen and oxygen atoms in total. The van der Waals surface area contributed by atoms with Gasteiger partial charge in [-0.1, -0.05) is 6.07 Å². The van der Waals surface area contributed by atoms with Crippen molar-refractivity contribution in [2.45, 2.75) is 33.2 Å². The first-order chi connectivity index (χ1) is 17.1. The van der Waals surface area contributed by atoms with Crippen molar-refractivity contribution < 1.29 is 18.3 Å². The summed E-state index contributed by atoms with van der Waals surface area (Å²) in [6.45, 7) is 9.89. The summed E-state index contributed by atoms with van der Waals surface area (Å²) in [4.78, 5) is 19.3. The number of aryl methyl sites for hydroxylation is 1. The van der Waals surface area contributed by atoms with E-state index in [-0.39, 0.29) is 5.56 Å². The van der Waals surface area contributed by atoms with Crippen molar-refractivity contribution in [3.63, 3.8) is 0 Å². The quantitative estimate of drug-likeness (QED) is 0.448. The number of anilines is 2. The van der Waals surface area contributed by atoms with E-state index in [0.717, 1.165) is 22.4 Å². The van der Waals surface area contributed by atoms with Crippen molar-refractivity contribution in [3.05, 3.63) is 65.9 Å². The summed E-state index contributed by atoms with van der Waals surface area (Å²) < 4.78 is 37.5. The standard InChI is InChI=1S/C26H28F2N6O2/c1-16-5-6-18(31-25(35)20-13-30-34(23(20)28)26(2,3)4)12-19(16)17-11-21(32-7-9-36-10-8-32)24-29-14-22(27)33(24)15-17/h5-6,11-15H,7-10H2,1-4H3,(H,31,35). The molecular formula is C26H28F2N6O2. The molecule has 3 aromatic heterocycles. The summed E-state index contributed by atoms with van der Waals surface area (Å²) in [5, 5.41) is 6.81. The molecule has 5 rings (SSSR count). The predicted octanol–water partition coefficient (Wildman–Crippen LogP) is 4.63. The average Bonchev–Trinajstić information content (AvgIpc) is 3.43. The van der Waals surface area contributed by atoms with Gasteiger partial charge in [0, 0.05) is 30.5 Å². The van der Waals surface area contributed by atoms with Crippen LogP contribution in [-0.2, 0) is 10.3 Å². The van der Waals surface area contributed by atoms with Gasteiger partial charge in [0.15, 0.2) is 5.65 Å². The number of aromatic nitrogens is 4. The summed E-state index contributed by atoms with van der Waals surface area (Å²) in [7, 11) is 0. The van der Waals surface area contributed by atoms with E-state index in [1.807, 2.05) is 39.8 Å². The number of fused-ring (bicyclic) bond motifs is 1. The molecule has 1 saturated heterocycles. The number of halogens is 2. The van der Waals surface area contributed by atoms with Crippen LogP contribution in [0.2, 0.25) is 0 Å². The van der Waals surface area contributed by atoms with E-state index in [1.54, 1.807) is 18.3 Å². The Morgan fingerprint density at radius 2 is 1.86 bits per heavy atom. The first-order valence-corrected chi connectivity index (χ1v) is 11.8. The van der Waals surface area contributed by atoms with E-state index in [9.17, 15) is 13.6 Å². The molecular weight excluding hydrogens is 466 g/mol. The Kier molecular flexibility index (Phi) is 5.99. The predicted molar refractivity (Wildman–Crippen MR) is 133 cm³/mol. The molecule has 1 N–H and O–H groups in total. The normalized spacial score (nSPS) is 14.4. The molecule has 1 aromatic carbocycles. The molecule has 0 bridgehead atoms. The molecule has 4 aromatic rings. The van der Waals surface area contributed by atoms with Crippen LogP contribution >= 0.6 is 0 Å². The minimum absolute atomic E-state index is 0.136. The number of nitrogens with one attached hydrogen (secondary N) is 1. The van der Waals surface area contributed by atoms with Gasteiger partial charge in [0.1, 0.15) is 5.56 Å². The zero-order valence-electron chi connectivity index (χ0n) is 20.7. The molecule has 188 valence electrons. The Balaban J connectivity index is 1.51. The molecule has 1 amide bonds. The van der Waals surface area contributed by atoms with Gasteiger partial charge in [-0.25, -0.2) is 9.67 Å². The molecule has 36 heavy (non-hydrogen) atoms. The Morgan fingerprint density at radius 3 is 2.56 bits per heavy atom. The largest absolute Gasteiger partial charge is 0.378 e. The number of imidazole rings is 1. The first kappa shape index (κ1) is 23.9. The lowest BCUT2D eigenvalue weighted by Crippen LogP contribution is -2.36. The van der Waals surface area contributed by atoms with Gasteiger partial charge in [-0.15, -0.1) is 0 Å². The van der Waals surface area contributed by atoms with Gasteiger partial charge in [-0.2, -0.15) is 13.9 Å². The van der Waals surface area contributed by atoms with Crippen LogP contribution in [0.4, 0.5) is 20.2 Å². The fourth-order valence-corrected chi connectivity index (χ4v) is 4.39. The lowest BCUT2D eigenvalue weighted by atomic mass is 10.0. The summed E-state index contributed by atoms with van der Waals surface area (Å²) >= 11 is 0. The SMILES string of the molecule is Cc1ccc(NC(=O)c2cnn(C(C)(C)C)c2F)cc1-c1cc(N2CCOCC2)c2ncc(F)n2c1. The number of hydrogen-bond acceptors (Lipinski definition) is 5. The number of morpholine rings is 1. The second kappa shape index (κ2) is 9.02. The zero-order chi connectivity index (χ0) is 25.6. The van der Waals surface area contributed by atoms with Crippen LogP contribution in [0.3, 0.4) is 0 Å². The Hall–Kier alpha value is -3.79. The number of ether oxygens (including phenoxy) is 1. The maximum absolute atomic E-state index is 14.8. The van der Waals surface area contributed by atoms with Crippen LogP contribution in [0.15, 0.2) is 42.9 Å². The number of amides is 1. The molecule has 10 heteroatoms. The van der Waals surface area contributed by atoms with Crippen LogP contribution < -0.4 is 10.2 Å². The first-order valence-electron chi connectivity index (χ1n) is 11.8.